The molecule has 1 fully saturated rings. The van der Waals surface area contributed by atoms with E-state index in [-0.39, 0.29) is 29.0 Å². The Morgan fingerprint density at radius 3 is 2.93 bits per heavy atom. The van der Waals surface area contributed by atoms with Crippen LogP contribution in [0.4, 0.5) is 11.5 Å². The molecule has 0 bridgehead atoms. The molecule has 2 amide bonds. The smallest absolute Gasteiger partial charge is 0.277 e. The maximum absolute atomic E-state index is 12.5. The van der Waals surface area contributed by atoms with Crippen LogP contribution in [-0.4, -0.2) is 44.8 Å². The number of ether oxygens (including phenoxy) is 1. The number of primary amides is 1. The third-order valence-corrected chi connectivity index (χ3v) is 4.26. The Morgan fingerprint density at radius 2 is 2.21 bits per heavy atom. The molecule has 28 heavy (non-hydrogen) atoms. The Kier molecular flexibility index (Phi) is 4.49. The van der Waals surface area contributed by atoms with Crippen molar-refractivity contribution in [1.82, 2.24) is 19.7 Å². The van der Waals surface area contributed by atoms with Gasteiger partial charge < -0.3 is 25.9 Å². The van der Waals surface area contributed by atoms with Crippen LogP contribution in [0.3, 0.4) is 0 Å². The van der Waals surface area contributed by atoms with Crippen LogP contribution in [0, 0.1) is 0 Å². The summed E-state index contributed by atoms with van der Waals surface area (Å²) >= 11 is 0. The van der Waals surface area contributed by atoms with E-state index in [4.69, 9.17) is 20.6 Å². The van der Waals surface area contributed by atoms with Crippen LogP contribution in [-0.2, 0) is 4.74 Å². The molecule has 4 heterocycles. The highest BCUT2D eigenvalue weighted by atomic mass is 16.5. The lowest BCUT2D eigenvalue weighted by atomic mass is 10.2. The van der Waals surface area contributed by atoms with Gasteiger partial charge in [0.2, 0.25) is 5.89 Å². The van der Waals surface area contributed by atoms with Crippen LogP contribution < -0.4 is 16.8 Å². The molecule has 3 aromatic heterocycles. The van der Waals surface area contributed by atoms with Gasteiger partial charge in [-0.25, -0.2) is 9.97 Å². The van der Waals surface area contributed by atoms with Gasteiger partial charge in [0.1, 0.15) is 12.1 Å². The fourth-order valence-electron chi connectivity index (χ4n) is 2.86. The van der Waals surface area contributed by atoms with E-state index in [1.807, 2.05) is 0 Å². The number of rotatable bonds is 5. The highest BCUT2D eigenvalue weighted by molar-refractivity contribution is 6.07. The predicted octanol–water partition coefficient (Wildman–Crippen LogP) is 0.828. The number of hydrogen-bond acceptors (Lipinski definition) is 8. The molecule has 1 saturated heterocycles. The van der Waals surface area contributed by atoms with Crippen molar-refractivity contribution in [2.45, 2.75) is 12.5 Å². The van der Waals surface area contributed by atoms with E-state index in [0.29, 0.717) is 24.6 Å². The zero-order valence-corrected chi connectivity index (χ0v) is 14.7. The van der Waals surface area contributed by atoms with E-state index in [2.05, 4.69) is 20.4 Å². The lowest BCUT2D eigenvalue weighted by molar-refractivity contribution is 0.0995. The first-order valence-electron chi connectivity index (χ1n) is 8.47. The van der Waals surface area contributed by atoms with Crippen molar-refractivity contribution in [2.24, 2.45) is 5.73 Å². The molecule has 11 heteroatoms. The number of nitrogens with two attached hydrogens (primary N) is 2. The topological polar surface area (TPSA) is 164 Å². The molecule has 0 saturated carbocycles. The second kappa shape index (κ2) is 7.12. The third-order valence-electron chi connectivity index (χ3n) is 4.26. The summed E-state index contributed by atoms with van der Waals surface area (Å²) in [5.74, 6) is -0.799. The molecule has 1 unspecified atom stereocenters. The van der Waals surface area contributed by atoms with E-state index in [1.54, 1.807) is 23.0 Å². The van der Waals surface area contributed by atoms with Crippen molar-refractivity contribution in [1.29, 1.82) is 0 Å². The predicted molar refractivity (Wildman–Crippen MR) is 97.3 cm³/mol. The zero-order chi connectivity index (χ0) is 19.7. The lowest BCUT2D eigenvalue weighted by Gasteiger charge is -2.06. The van der Waals surface area contributed by atoms with E-state index in [0.717, 1.165) is 6.42 Å². The lowest BCUT2D eigenvalue weighted by Crippen LogP contribution is -2.18. The zero-order valence-electron chi connectivity index (χ0n) is 14.7. The number of amides is 2. The molecule has 1 atom stereocenters. The SMILES string of the molecule is NC(=O)c1nn(C2CCOC2)cc1NC(=O)c1coc(-c2ccnc(N)c2)n1. The maximum atomic E-state index is 12.5. The standard InChI is InChI=1S/C17H17N7O4/c18-13-5-9(1-3-20-13)17-22-12(8-28-17)16(26)21-11-6-24(10-2-4-27-7-10)23-14(11)15(19)25/h1,3,5-6,8,10H,2,4,7H2,(H2,18,20)(H2,19,25)(H,21,26). The number of nitrogen functional groups attached to an aromatic ring is 1. The summed E-state index contributed by atoms with van der Waals surface area (Å²) < 4.78 is 12.2. The van der Waals surface area contributed by atoms with Crippen LogP contribution in [0.25, 0.3) is 11.5 Å². The second-order valence-corrected chi connectivity index (χ2v) is 6.21. The van der Waals surface area contributed by atoms with E-state index >= 15 is 0 Å². The van der Waals surface area contributed by atoms with Gasteiger partial charge in [0.25, 0.3) is 11.8 Å². The van der Waals surface area contributed by atoms with E-state index in [1.165, 1.54) is 12.5 Å². The summed E-state index contributed by atoms with van der Waals surface area (Å²) in [7, 11) is 0. The number of hydrogen-bond donors (Lipinski definition) is 3. The van der Waals surface area contributed by atoms with Gasteiger partial charge in [-0.3, -0.25) is 14.3 Å². The molecule has 3 aromatic rings. The van der Waals surface area contributed by atoms with Crippen molar-refractivity contribution < 1.29 is 18.7 Å². The summed E-state index contributed by atoms with van der Waals surface area (Å²) in [5, 5.41) is 6.79. The molecule has 4 rings (SSSR count). The second-order valence-electron chi connectivity index (χ2n) is 6.21. The molecule has 0 aromatic carbocycles. The minimum atomic E-state index is -0.749. The molecule has 0 aliphatic carbocycles. The molecule has 11 nitrogen and oxygen atoms in total. The average Bonchev–Trinajstić information content (AvgIpc) is 3.41. The number of carbonyl (C=O) groups excluding carboxylic acids is 2. The van der Waals surface area contributed by atoms with Crippen molar-refractivity contribution in [2.75, 3.05) is 24.3 Å². The van der Waals surface area contributed by atoms with Crippen molar-refractivity contribution >= 4 is 23.3 Å². The van der Waals surface area contributed by atoms with Crippen LogP contribution in [0.2, 0.25) is 0 Å². The summed E-state index contributed by atoms with van der Waals surface area (Å²) in [4.78, 5) is 32.3. The van der Waals surface area contributed by atoms with Gasteiger partial charge >= 0.3 is 0 Å². The van der Waals surface area contributed by atoms with Gasteiger partial charge in [-0.05, 0) is 18.6 Å². The van der Waals surface area contributed by atoms with Crippen molar-refractivity contribution in [3.63, 3.8) is 0 Å². The van der Waals surface area contributed by atoms with Gasteiger partial charge in [0.15, 0.2) is 11.4 Å². The maximum Gasteiger partial charge on any atom is 0.277 e. The van der Waals surface area contributed by atoms with Crippen LogP contribution >= 0.6 is 0 Å². The van der Waals surface area contributed by atoms with Gasteiger partial charge in [-0.1, -0.05) is 0 Å². The van der Waals surface area contributed by atoms with Gasteiger partial charge in [-0.15, -0.1) is 0 Å². The van der Waals surface area contributed by atoms with Gasteiger partial charge in [0.05, 0.1) is 18.3 Å². The summed E-state index contributed by atoms with van der Waals surface area (Å²) in [6, 6.07) is 3.22. The number of oxazole rings is 1. The number of pyridine rings is 1. The molecule has 0 radical (unpaired) electrons. The molecular formula is C17H17N7O4. The summed E-state index contributed by atoms with van der Waals surface area (Å²) in [6.07, 6.45) is 5.03. The largest absolute Gasteiger partial charge is 0.444 e. The third kappa shape index (κ3) is 3.42. The number of anilines is 2. The molecule has 1 aliphatic rings. The Labute approximate surface area is 158 Å². The monoisotopic (exact) mass is 383 g/mol. The molecular weight excluding hydrogens is 366 g/mol. The van der Waals surface area contributed by atoms with E-state index < -0.39 is 11.8 Å². The van der Waals surface area contributed by atoms with Crippen LogP contribution in [0.15, 0.2) is 35.2 Å². The van der Waals surface area contributed by atoms with Gasteiger partial charge in [0, 0.05) is 24.6 Å². The molecule has 144 valence electrons. The minimum absolute atomic E-state index is 0.0143. The molecule has 0 spiro atoms. The Bertz CT molecular complexity index is 1040. The first-order chi connectivity index (χ1) is 13.5. The Morgan fingerprint density at radius 1 is 1.36 bits per heavy atom. The average molecular weight is 383 g/mol. The van der Waals surface area contributed by atoms with Crippen molar-refractivity contribution in [3.8, 4) is 11.5 Å². The first-order valence-corrected chi connectivity index (χ1v) is 8.47. The first kappa shape index (κ1) is 17.7. The number of carbonyl (C=O) groups is 2. The fourth-order valence-corrected chi connectivity index (χ4v) is 2.86. The quantitative estimate of drug-likeness (QED) is 0.583. The van der Waals surface area contributed by atoms with Gasteiger partial charge in [-0.2, -0.15) is 5.10 Å². The van der Waals surface area contributed by atoms with Crippen molar-refractivity contribution in [3.05, 3.63) is 42.2 Å². The normalized spacial score (nSPS) is 16.2. The Balaban J connectivity index is 1.56. The summed E-state index contributed by atoms with van der Waals surface area (Å²) in [6.45, 7) is 1.09. The fraction of sp³-hybridized carbons (Fsp3) is 0.235. The summed E-state index contributed by atoms with van der Waals surface area (Å²) in [5.41, 5.74) is 11.8. The number of aromatic nitrogens is 4. The van der Waals surface area contributed by atoms with Crippen LogP contribution in [0.1, 0.15) is 33.4 Å². The number of nitrogens with zero attached hydrogens (tertiary/aromatic N) is 4. The number of nitrogens with one attached hydrogen (secondary N) is 1. The minimum Gasteiger partial charge on any atom is -0.444 e. The highest BCUT2D eigenvalue weighted by Gasteiger charge is 2.24. The molecule has 5 N–H and O–H groups in total. The Hall–Kier alpha value is -3.73. The van der Waals surface area contributed by atoms with E-state index in [9.17, 15) is 9.59 Å². The van der Waals surface area contributed by atoms with Crippen LogP contribution in [0.5, 0.6) is 0 Å². The molecule has 1 aliphatic heterocycles. The highest BCUT2D eigenvalue weighted by Crippen LogP contribution is 2.24.